The molecule has 0 unspecified atom stereocenters. The molecule has 6 heteroatoms. The molecule has 0 aliphatic heterocycles. The Kier molecular flexibility index (Phi) is 2.11. The number of fused-ring (bicyclic) bond motifs is 1. The summed E-state index contributed by atoms with van der Waals surface area (Å²) >= 11 is 5.65. The molecule has 0 amide bonds. The van der Waals surface area contributed by atoms with E-state index in [4.69, 9.17) is 16.0 Å². The number of nitrogens with zero attached hydrogens (tertiary/aromatic N) is 4. The molecule has 0 atom stereocenters. The van der Waals surface area contributed by atoms with Crippen molar-refractivity contribution in [3.05, 3.63) is 36.2 Å². The minimum Gasteiger partial charge on any atom is -0.430 e. The molecule has 80 valence electrons. The van der Waals surface area contributed by atoms with Gasteiger partial charge in [-0.25, -0.2) is 0 Å². The van der Waals surface area contributed by atoms with Crippen molar-refractivity contribution in [2.45, 2.75) is 5.88 Å². The number of hydrogen-bond donors (Lipinski definition) is 0. The Balaban J connectivity index is 2.18. The molecule has 0 spiro atoms. The monoisotopic (exact) mass is 234 g/mol. The zero-order valence-corrected chi connectivity index (χ0v) is 8.92. The maximum atomic E-state index is 5.65. The van der Waals surface area contributed by atoms with Crippen LogP contribution in [0.25, 0.3) is 17.0 Å². The summed E-state index contributed by atoms with van der Waals surface area (Å²) in [5.74, 6) is 0.316. The van der Waals surface area contributed by atoms with Gasteiger partial charge in [0.2, 0.25) is 0 Å². The van der Waals surface area contributed by atoms with Gasteiger partial charge in [-0.2, -0.15) is 9.67 Å². The van der Waals surface area contributed by atoms with Gasteiger partial charge in [-0.1, -0.05) is 17.3 Å². The van der Waals surface area contributed by atoms with E-state index < -0.39 is 0 Å². The van der Waals surface area contributed by atoms with E-state index in [2.05, 4.69) is 15.3 Å². The molecule has 16 heavy (non-hydrogen) atoms. The maximum absolute atomic E-state index is 5.65. The van der Waals surface area contributed by atoms with Crippen LogP contribution in [0.4, 0.5) is 0 Å². The van der Waals surface area contributed by atoms with E-state index in [0.717, 1.165) is 11.0 Å². The molecule has 0 saturated carbocycles. The van der Waals surface area contributed by atoms with Gasteiger partial charge in [-0.15, -0.1) is 16.7 Å². The fourth-order valence-electron chi connectivity index (χ4n) is 1.47. The van der Waals surface area contributed by atoms with Crippen LogP contribution in [0.3, 0.4) is 0 Å². The topological polar surface area (TPSA) is 56.7 Å². The van der Waals surface area contributed by atoms with Crippen LogP contribution < -0.4 is 0 Å². The highest BCUT2D eigenvalue weighted by Crippen LogP contribution is 2.15. The highest BCUT2D eigenvalue weighted by molar-refractivity contribution is 6.16. The minimum atomic E-state index is 0.316. The van der Waals surface area contributed by atoms with E-state index >= 15 is 0 Å². The van der Waals surface area contributed by atoms with Crippen LogP contribution in [0.5, 0.6) is 0 Å². The Morgan fingerprint density at radius 3 is 3.00 bits per heavy atom. The van der Waals surface area contributed by atoms with Crippen LogP contribution in [0.1, 0.15) is 5.69 Å². The third kappa shape index (κ3) is 1.37. The number of benzene rings is 1. The lowest BCUT2D eigenvalue weighted by atomic mass is 10.3. The number of oxazole rings is 1. The molecule has 0 aliphatic carbocycles. The first-order chi connectivity index (χ1) is 7.88. The van der Waals surface area contributed by atoms with E-state index in [1.807, 2.05) is 24.3 Å². The molecule has 0 fully saturated rings. The summed E-state index contributed by atoms with van der Waals surface area (Å²) < 4.78 is 6.82. The molecule has 2 aromatic heterocycles. The Labute approximate surface area is 95.6 Å². The van der Waals surface area contributed by atoms with Gasteiger partial charge in [0.1, 0.15) is 11.8 Å². The SMILES string of the molecule is ClCc1coc(-n2nnc3ccccc32)n1. The predicted molar refractivity (Wildman–Crippen MR) is 58.5 cm³/mol. The molecule has 0 bridgehead atoms. The van der Waals surface area contributed by atoms with Crippen molar-refractivity contribution in [1.82, 2.24) is 20.0 Å². The second-order valence-corrected chi connectivity index (χ2v) is 3.51. The number of aromatic nitrogens is 4. The largest absolute Gasteiger partial charge is 0.430 e. The van der Waals surface area contributed by atoms with E-state index in [-0.39, 0.29) is 0 Å². The van der Waals surface area contributed by atoms with Crippen molar-refractivity contribution < 1.29 is 4.42 Å². The molecule has 3 rings (SSSR count). The molecule has 3 aromatic rings. The number of hydrogen-bond acceptors (Lipinski definition) is 4. The number of alkyl halides is 1. The molecule has 5 nitrogen and oxygen atoms in total. The molecular weight excluding hydrogens is 228 g/mol. The fraction of sp³-hybridized carbons (Fsp3) is 0.100. The highest BCUT2D eigenvalue weighted by Gasteiger charge is 2.10. The minimum absolute atomic E-state index is 0.316. The number of halogens is 1. The first-order valence-corrected chi connectivity index (χ1v) is 5.23. The highest BCUT2D eigenvalue weighted by atomic mass is 35.5. The van der Waals surface area contributed by atoms with Crippen LogP contribution in [0.2, 0.25) is 0 Å². The summed E-state index contributed by atoms with van der Waals surface area (Å²) in [7, 11) is 0. The van der Waals surface area contributed by atoms with Crippen LogP contribution in [0, 0.1) is 0 Å². The lowest BCUT2D eigenvalue weighted by Crippen LogP contribution is -1.96. The zero-order valence-electron chi connectivity index (χ0n) is 8.17. The Bertz CT molecular complexity index is 630. The van der Waals surface area contributed by atoms with E-state index in [9.17, 15) is 0 Å². The first kappa shape index (κ1) is 9.35. The first-order valence-electron chi connectivity index (χ1n) is 4.69. The molecular formula is C10H7ClN4O. The van der Waals surface area contributed by atoms with Gasteiger partial charge in [0.15, 0.2) is 0 Å². The summed E-state index contributed by atoms with van der Waals surface area (Å²) in [4.78, 5) is 4.18. The number of para-hydroxylation sites is 1. The van der Waals surface area contributed by atoms with E-state index in [0.29, 0.717) is 17.6 Å². The molecule has 1 aromatic carbocycles. The van der Waals surface area contributed by atoms with E-state index in [1.54, 1.807) is 4.68 Å². The zero-order chi connectivity index (χ0) is 11.0. The van der Waals surface area contributed by atoms with Crippen molar-refractivity contribution in [2.75, 3.05) is 0 Å². The summed E-state index contributed by atoms with van der Waals surface area (Å²) in [5.41, 5.74) is 2.33. The summed E-state index contributed by atoms with van der Waals surface area (Å²) in [6.45, 7) is 0. The lowest BCUT2D eigenvalue weighted by molar-refractivity contribution is 0.509. The van der Waals surface area contributed by atoms with Gasteiger partial charge in [0.25, 0.3) is 0 Å². The van der Waals surface area contributed by atoms with Gasteiger partial charge in [0, 0.05) is 0 Å². The van der Waals surface area contributed by atoms with Gasteiger partial charge in [0.05, 0.1) is 17.1 Å². The molecule has 0 aliphatic rings. The standard InChI is InChI=1S/C10H7ClN4O/c11-5-7-6-16-10(12-7)15-9-4-2-1-3-8(9)13-14-15/h1-4,6H,5H2. The molecule has 0 radical (unpaired) electrons. The van der Waals surface area contributed by atoms with Crippen molar-refractivity contribution >= 4 is 22.6 Å². The van der Waals surface area contributed by atoms with Crippen molar-refractivity contribution in [1.29, 1.82) is 0 Å². The smallest absolute Gasteiger partial charge is 0.324 e. The maximum Gasteiger partial charge on any atom is 0.324 e. The van der Waals surface area contributed by atoms with Gasteiger partial charge in [-0.3, -0.25) is 0 Å². The quantitative estimate of drug-likeness (QED) is 0.638. The molecule has 0 saturated heterocycles. The number of rotatable bonds is 2. The Hall–Kier alpha value is -1.88. The summed E-state index contributed by atoms with van der Waals surface area (Å²) in [6, 6.07) is 7.98. The second-order valence-electron chi connectivity index (χ2n) is 3.25. The van der Waals surface area contributed by atoms with Crippen molar-refractivity contribution in [3.63, 3.8) is 0 Å². The average Bonchev–Trinajstić information content (AvgIpc) is 2.94. The molecule has 2 heterocycles. The second kappa shape index (κ2) is 3.61. The average molecular weight is 235 g/mol. The fourth-order valence-corrected chi connectivity index (χ4v) is 1.59. The predicted octanol–water partition coefficient (Wildman–Crippen LogP) is 2.15. The van der Waals surface area contributed by atoms with Crippen LogP contribution in [0.15, 0.2) is 34.9 Å². The van der Waals surface area contributed by atoms with E-state index in [1.165, 1.54) is 6.26 Å². The molecule has 0 N–H and O–H groups in total. The van der Waals surface area contributed by atoms with Gasteiger partial charge < -0.3 is 4.42 Å². The van der Waals surface area contributed by atoms with Gasteiger partial charge in [-0.05, 0) is 12.1 Å². The summed E-state index contributed by atoms with van der Waals surface area (Å²) in [5, 5.41) is 7.99. The lowest BCUT2D eigenvalue weighted by Gasteiger charge is -1.93. The third-order valence-electron chi connectivity index (χ3n) is 2.21. The van der Waals surface area contributed by atoms with Crippen LogP contribution in [-0.2, 0) is 5.88 Å². The van der Waals surface area contributed by atoms with Crippen LogP contribution >= 0.6 is 11.6 Å². The van der Waals surface area contributed by atoms with Crippen LogP contribution in [-0.4, -0.2) is 20.0 Å². The summed E-state index contributed by atoms with van der Waals surface area (Å²) in [6.07, 6.45) is 1.51. The van der Waals surface area contributed by atoms with Crippen molar-refractivity contribution in [3.8, 4) is 6.01 Å². The third-order valence-corrected chi connectivity index (χ3v) is 2.48. The Morgan fingerprint density at radius 2 is 2.19 bits per heavy atom. The Morgan fingerprint density at radius 1 is 1.31 bits per heavy atom. The normalized spacial score (nSPS) is 11.1. The van der Waals surface area contributed by atoms with Crippen molar-refractivity contribution in [2.24, 2.45) is 0 Å². The van der Waals surface area contributed by atoms with Gasteiger partial charge >= 0.3 is 6.01 Å².